The van der Waals surface area contributed by atoms with Gasteiger partial charge in [0.05, 0.1) is 0 Å². The Balaban J connectivity index is 2.07. The second-order valence-electron chi connectivity index (χ2n) is 3.98. The van der Waals surface area contributed by atoms with E-state index in [0.717, 1.165) is 12.2 Å². The molecule has 0 radical (unpaired) electrons. The van der Waals surface area contributed by atoms with Crippen LogP contribution in [0.1, 0.15) is 11.1 Å². The average molecular weight is 335 g/mol. The van der Waals surface area contributed by atoms with Gasteiger partial charge >= 0.3 is 109 Å². The Labute approximate surface area is 108 Å². The molecule has 3 rings (SSSR count). The number of aliphatic hydroxyl groups is 1. The molecule has 86 valence electrons. The van der Waals surface area contributed by atoms with Crippen LogP contribution in [0.5, 0.6) is 0 Å². The zero-order chi connectivity index (χ0) is 11.7. The molecule has 1 aliphatic rings. The molecular formula is C14H13O2Sb. The van der Waals surface area contributed by atoms with Crippen molar-refractivity contribution in [3.05, 3.63) is 59.7 Å². The van der Waals surface area contributed by atoms with Crippen LogP contribution < -0.4 is 7.02 Å². The van der Waals surface area contributed by atoms with E-state index in [1.807, 2.05) is 18.2 Å². The van der Waals surface area contributed by atoms with E-state index in [1.165, 1.54) is 12.6 Å². The molecule has 2 aromatic rings. The second-order valence-corrected chi connectivity index (χ2v) is 9.15. The molecule has 1 heterocycles. The van der Waals surface area contributed by atoms with E-state index in [2.05, 4.69) is 30.3 Å². The summed E-state index contributed by atoms with van der Waals surface area (Å²) < 4.78 is 8.68. The van der Waals surface area contributed by atoms with E-state index in [4.69, 9.17) is 3.02 Å². The van der Waals surface area contributed by atoms with Gasteiger partial charge in [-0.25, -0.2) is 0 Å². The van der Waals surface area contributed by atoms with Gasteiger partial charge in [0.1, 0.15) is 0 Å². The number of hydrogen-bond donors (Lipinski definition) is 1. The molecule has 0 saturated carbocycles. The van der Waals surface area contributed by atoms with Gasteiger partial charge in [0.15, 0.2) is 0 Å². The Kier molecular flexibility index (Phi) is 3.19. The quantitative estimate of drug-likeness (QED) is 0.824. The third kappa shape index (κ3) is 2.01. The Morgan fingerprint density at radius 3 is 2.53 bits per heavy atom. The molecule has 1 N–H and O–H groups in total. The fourth-order valence-corrected chi connectivity index (χ4v) is 7.94. The van der Waals surface area contributed by atoms with Crippen molar-refractivity contribution >= 4 is 27.7 Å². The van der Waals surface area contributed by atoms with Gasteiger partial charge in [0.2, 0.25) is 0 Å². The number of rotatable bonds is 2. The molecule has 1 aliphatic heterocycles. The van der Waals surface area contributed by atoms with Crippen molar-refractivity contribution in [2.24, 2.45) is 0 Å². The molecule has 2 nitrogen and oxygen atoms in total. The van der Waals surface area contributed by atoms with E-state index >= 15 is 0 Å². The fourth-order valence-electron chi connectivity index (χ4n) is 2.08. The summed E-state index contributed by atoms with van der Waals surface area (Å²) >= 11 is -2.04. The van der Waals surface area contributed by atoms with Crippen LogP contribution in [0.3, 0.4) is 0 Å². The van der Waals surface area contributed by atoms with Crippen LogP contribution in [0.15, 0.2) is 48.5 Å². The van der Waals surface area contributed by atoms with E-state index in [0.29, 0.717) is 0 Å². The first-order valence-corrected chi connectivity index (χ1v) is 9.19. The van der Waals surface area contributed by atoms with Crippen molar-refractivity contribution in [2.45, 2.75) is 13.2 Å². The van der Waals surface area contributed by atoms with Crippen LogP contribution >= 0.6 is 0 Å². The summed E-state index contributed by atoms with van der Waals surface area (Å²) in [6.45, 7) is 0.834. The molecule has 0 bridgehead atoms. The molecule has 0 unspecified atom stereocenters. The monoisotopic (exact) mass is 334 g/mol. The summed E-state index contributed by atoms with van der Waals surface area (Å²) in [5, 5.41) is 9.40. The van der Waals surface area contributed by atoms with E-state index in [9.17, 15) is 5.11 Å². The summed E-state index contributed by atoms with van der Waals surface area (Å²) in [6, 6.07) is 16.6. The normalized spacial score (nSPS) is 14.9. The average Bonchev–Trinajstić information content (AvgIpc) is 2.82. The molecular weight excluding hydrogens is 322 g/mol. The fraction of sp³-hybridized carbons (Fsp3) is 0.143. The van der Waals surface area contributed by atoms with Gasteiger partial charge in [-0.1, -0.05) is 0 Å². The van der Waals surface area contributed by atoms with Crippen molar-refractivity contribution in [2.75, 3.05) is 0 Å². The number of aliphatic hydroxyl groups excluding tert-OH is 1. The predicted molar refractivity (Wildman–Crippen MR) is 68.6 cm³/mol. The summed E-state index contributed by atoms with van der Waals surface area (Å²) in [6.07, 6.45) is 0. The van der Waals surface area contributed by atoms with Crippen molar-refractivity contribution in [3.8, 4) is 0 Å². The molecule has 0 aliphatic carbocycles. The van der Waals surface area contributed by atoms with E-state index in [1.54, 1.807) is 0 Å². The molecule has 0 amide bonds. The van der Waals surface area contributed by atoms with Crippen LogP contribution in [0.25, 0.3) is 0 Å². The van der Waals surface area contributed by atoms with Crippen molar-refractivity contribution in [3.63, 3.8) is 0 Å². The minimum atomic E-state index is -2.04. The number of benzene rings is 2. The van der Waals surface area contributed by atoms with Gasteiger partial charge in [-0.3, -0.25) is 0 Å². The van der Waals surface area contributed by atoms with Gasteiger partial charge in [0.25, 0.3) is 0 Å². The Morgan fingerprint density at radius 1 is 1.00 bits per heavy atom. The molecule has 0 fully saturated rings. The summed E-state index contributed by atoms with van der Waals surface area (Å²) in [5.74, 6) is 0. The molecule has 3 heteroatoms. The number of fused-ring (bicyclic) bond motifs is 1. The second kappa shape index (κ2) is 4.81. The van der Waals surface area contributed by atoms with Crippen LogP contribution in [0.4, 0.5) is 0 Å². The van der Waals surface area contributed by atoms with Crippen molar-refractivity contribution < 1.29 is 8.12 Å². The molecule has 0 spiro atoms. The minimum absolute atomic E-state index is 0.0996. The topological polar surface area (TPSA) is 29.5 Å². The third-order valence-corrected chi connectivity index (χ3v) is 9.03. The molecule has 2 aromatic carbocycles. The SMILES string of the molecule is OCc1cccc[c]1[Sb]1[O]Cc2cccc[c]21. The molecule has 0 saturated heterocycles. The maximum atomic E-state index is 9.40. The zero-order valence-electron chi connectivity index (χ0n) is 9.34. The molecule has 0 atom stereocenters. The van der Waals surface area contributed by atoms with Gasteiger partial charge in [-0.2, -0.15) is 0 Å². The van der Waals surface area contributed by atoms with Crippen molar-refractivity contribution in [1.82, 2.24) is 0 Å². The van der Waals surface area contributed by atoms with Crippen LogP contribution in [-0.2, 0) is 16.2 Å². The zero-order valence-corrected chi connectivity index (χ0v) is 11.9. The van der Waals surface area contributed by atoms with Gasteiger partial charge in [-0.05, 0) is 0 Å². The van der Waals surface area contributed by atoms with Gasteiger partial charge in [0, 0.05) is 0 Å². The van der Waals surface area contributed by atoms with Crippen LogP contribution in [0.2, 0.25) is 0 Å². The predicted octanol–water partition coefficient (Wildman–Crippen LogP) is 0.815. The van der Waals surface area contributed by atoms with Gasteiger partial charge < -0.3 is 0 Å². The first kappa shape index (κ1) is 11.3. The molecule has 0 aromatic heterocycles. The van der Waals surface area contributed by atoms with Crippen molar-refractivity contribution in [1.29, 1.82) is 0 Å². The third-order valence-electron chi connectivity index (χ3n) is 2.94. The Hall–Kier alpha value is -0.822. The molecule has 17 heavy (non-hydrogen) atoms. The standard InChI is InChI=1S/C7H7O.C7H6O.Sb/c2*8-6-7-4-2-1-3-5-7;/h1-4,8H,6H2;1-4H,6H2;/q;-1;+1. The Bertz CT molecular complexity index is 539. The van der Waals surface area contributed by atoms with Gasteiger partial charge in [-0.15, -0.1) is 0 Å². The van der Waals surface area contributed by atoms with Crippen LogP contribution in [0, 0.1) is 0 Å². The van der Waals surface area contributed by atoms with Crippen LogP contribution in [-0.4, -0.2) is 25.7 Å². The first-order chi connectivity index (χ1) is 8.40. The summed E-state index contributed by atoms with van der Waals surface area (Å²) in [4.78, 5) is 0. The first-order valence-electron chi connectivity index (χ1n) is 5.60. The van der Waals surface area contributed by atoms with E-state index < -0.39 is 20.6 Å². The Morgan fingerprint density at radius 2 is 1.71 bits per heavy atom. The summed E-state index contributed by atoms with van der Waals surface area (Å²) in [5.41, 5.74) is 2.34. The maximum absolute atomic E-state index is 9.40. The summed E-state index contributed by atoms with van der Waals surface area (Å²) in [7, 11) is 0. The van der Waals surface area contributed by atoms with E-state index in [-0.39, 0.29) is 6.61 Å². The number of hydrogen-bond acceptors (Lipinski definition) is 2.